The number of nitrogens with zero attached hydrogens (tertiary/aromatic N) is 4. The molecule has 2 heterocycles. The molecule has 1 aromatic heterocycles. The van der Waals surface area contributed by atoms with Crippen molar-refractivity contribution < 1.29 is 13.2 Å². The van der Waals surface area contributed by atoms with Crippen LogP contribution in [0.25, 0.3) is 0 Å². The molecule has 24 heavy (non-hydrogen) atoms. The molecule has 0 aliphatic carbocycles. The average Bonchev–Trinajstić information content (AvgIpc) is 2.81. The number of aryl methyl sites for hydroxylation is 1. The van der Waals surface area contributed by atoms with Crippen LogP contribution >= 0.6 is 0 Å². The Morgan fingerprint density at radius 2 is 1.92 bits per heavy atom. The molecule has 0 saturated heterocycles. The summed E-state index contributed by atoms with van der Waals surface area (Å²) < 4.78 is 34.7. The maximum absolute atomic E-state index is 13.0. The Morgan fingerprint density at radius 3 is 2.58 bits per heavy atom. The summed E-state index contributed by atoms with van der Waals surface area (Å²) in [6.07, 6.45) is 0.530. The normalized spacial score (nSPS) is 19.0. The van der Waals surface area contributed by atoms with Crippen LogP contribution in [0.2, 0.25) is 0 Å². The highest BCUT2D eigenvalue weighted by molar-refractivity contribution is 7.89. The lowest BCUT2D eigenvalue weighted by Gasteiger charge is -2.25. The second kappa shape index (κ2) is 6.62. The van der Waals surface area contributed by atoms with Crippen molar-refractivity contribution in [2.45, 2.75) is 44.4 Å². The van der Waals surface area contributed by atoms with E-state index in [0.29, 0.717) is 31.0 Å². The highest BCUT2D eigenvalue weighted by atomic mass is 32.2. The fourth-order valence-corrected chi connectivity index (χ4v) is 4.63. The minimum atomic E-state index is -3.53. The summed E-state index contributed by atoms with van der Waals surface area (Å²) in [5, 5.41) is 8.34. The lowest BCUT2D eigenvalue weighted by molar-refractivity contribution is 0.173. The molecule has 0 saturated carbocycles. The number of aromatic nitrogens is 3. The van der Waals surface area contributed by atoms with Crippen molar-refractivity contribution in [2.24, 2.45) is 0 Å². The summed E-state index contributed by atoms with van der Waals surface area (Å²) in [4.78, 5) is 0.328. The molecule has 0 unspecified atom stereocenters. The number of benzene rings is 1. The molecular formula is C16H22N4O3S. The minimum Gasteiger partial charge on any atom is -0.377 e. The molecule has 0 radical (unpaired) electrons. The van der Waals surface area contributed by atoms with Crippen molar-refractivity contribution in [3.8, 4) is 0 Å². The quantitative estimate of drug-likeness (QED) is 0.832. The fourth-order valence-electron chi connectivity index (χ4n) is 3.01. The first-order chi connectivity index (χ1) is 11.4. The molecule has 1 aliphatic rings. The summed E-state index contributed by atoms with van der Waals surface area (Å²) in [6, 6.07) is 6.79. The second-order valence-electron chi connectivity index (χ2n) is 6.10. The second-order valence-corrected chi connectivity index (χ2v) is 7.99. The SMILES string of the molecule is COCc1nnc2n1CCN(S(=O)(=O)c1ccc(C)cc1)[C@@H](C)C2. The Labute approximate surface area is 142 Å². The average molecular weight is 350 g/mol. The van der Waals surface area contributed by atoms with Gasteiger partial charge < -0.3 is 9.30 Å². The zero-order valence-electron chi connectivity index (χ0n) is 14.1. The van der Waals surface area contributed by atoms with Crippen LogP contribution in [0.1, 0.15) is 24.1 Å². The molecule has 0 N–H and O–H groups in total. The summed E-state index contributed by atoms with van der Waals surface area (Å²) in [5.41, 5.74) is 1.04. The molecule has 1 aliphatic heterocycles. The van der Waals surface area contributed by atoms with Crippen molar-refractivity contribution >= 4 is 10.0 Å². The Balaban J connectivity index is 1.89. The van der Waals surface area contributed by atoms with Crippen LogP contribution in [0.5, 0.6) is 0 Å². The van der Waals surface area contributed by atoms with Crippen LogP contribution in [-0.2, 0) is 34.3 Å². The molecule has 0 amide bonds. The molecule has 130 valence electrons. The molecule has 1 atom stereocenters. The third-order valence-corrected chi connectivity index (χ3v) is 6.35. The highest BCUT2D eigenvalue weighted by Crippen LogP contribution is 2.23. The van der Waals surface area contributed by atoms with Gasteiger partial charge in [-0.2, -0.15) is 4.31 Å². The van der Waals surface area contributed by atoms with Gasteiger partial charge in [-0.25, -0.2) is 8.42 Å². The predicted octanol–water partition coefficient (Wildman–Crippen LogP) is 1.37. The molecule has 8 heteroatoms. The van der Waals surface area contributed by atoms with E-state index >= 15 is 0 Å². The van der Waals surface area contributed by atoms with Crippen molar-refractivity contribution in [1.82, 2.24) is 19.1 Å². The summed E-state index contributed by atoms with van der Waals surface area (Å²) in [6.45, 7) is 5.13. The summed E-state index contributed by atoms with van der Waals surface area (Å²) in [7, 11) is -1.93. The van der Waals surface area contributed by atoms with Crippen LogP contribution in [-0.4, -0.2) is 47.2 Å². The van der Waals surface area contributed by atoms with E-state index in [2.05, 4.69) is 10.2 Å². The number of sulfonamides is 1. The minimum absolute atomic E-state index is 0.183. The van der Waals surface area contributed by atoms with Gasteiger partial charge in [0, 0.05) is 32.7 Å². The van der Waals surface area contributed by atoms with Crippen LogP contribution in [0.15, 0.2) is 29.2 Å². The first-order valence-electron chi connectivity index (χ1n) is 7.92. The molecule has 3 rings (SSSR count). The number of fused-ring (bicyclic) bond motifs is 1. The van der Waals surface area contributed by atoms with Gasteiger partial charge >= 0.3 is 0 Å². The molecule has 7 nitrogen and oxygen atoms in total. The van der Waals surface area contributed by atoms with Gasteiger partial charge in [-0.3, -0.25) is 0 Å². The highest BCUT2D eigenvalue weighted by Gasteiger charge is 2.32. The van der Waals surface area contributed by atoms with Crippen LogP contribution < -0.4 is 0 Å². The van der Waals surface area contributed by atoms with E-state index in [4.69, 9.17) is 4.74 Å². The van der Waals surface area contributed by atoms with Gasteiger partial charge in [0.15, 0.2) is 5.82 Å². The predicted molar refractivity (Wildman–Crippen MR) is 89.0 cm³/mol. The zero-order valence-corrected chi connectivity index (χ0v) is 15.0. The Bertz CT molecular complexity index is 814. The van der Waals surface area contributed by atoms with Gasteiger partial charge in [0.05, 0.1) is 4.90 Å². The molecule has 0 bridgehead atoms. The largest absolute Gasteiger partial charge is 0.377 e. The van der Waals surface area contributed by atoms with E-state index in [1.165, 1.54) is 0 Å². The number of hydrogen-bond donors (Lipinski definition) is 0. The Hall–Kier alpha value is -1.77. The summed E-state index contributed by atoms with van der Waals surface area (Å²) >= 11 is 0. The Kier molecular flexibility index (Phi) is 4.71. The smallest absolute Gasteiger partial charge is 0.243 e. The number of methoxy groups -OCH3 is 1. The zero-order chi connectivity index (χ0) is 17.3. The van der Waals surface area contributed by atoms with E-state index < -0.39 is 10.0 Å². The lowest BCUT2D eigenvalue weighted by Crippen LogP contribution is -2.40. The fraction of sp³-hybridized carbons (Fsp3) is 0.500. The van der Waals surface area contributed by atoms with Gasteiger partial charge in [0.25, 0.3) is 0 Å². The van der Waals surface area contributed by atoms with E-state index in [-0.39, 0.29) is 6.04 Å². The van der Waals surface area contributed by atoms with Gasteiger partial charge in [-0.1, -0.05) is 17.7 Å². The van der Waals surface area contributed by atoms with Crippen molar-refractivity contribution in [1.29, 1.82) is 0 Å². The molecule has 2 aromatic rings. The molecule has 0 fully saturated rings. The van der Waals surface area contributed by atoms with Gasteiger partial charge in [-0.05, 0) is 26.0 Å². The third-order valence-electron chi connectivity index (χ3n) is 4.32. The number of ether oxygens (including phenoxy) is 1. The maximum atomic E-state index is 13.0. The number of rotatable bonds is 4. The lowest BCUT2D eigenvalue weighted by atomic mass is 10.2. The van der Waals surface area contributed by atoms with Crippen LogP contribution in [0.3, 0.4) is 0 Å². The van der Waals surface area contributed by atoms with E-state index in [1.807, 2.05) is 30.5 Å². The first-order valence-corrected chi connectivity index (χ1v) is 9.36. The first kappa shape index (κ1) is 17.1. The van der Waals surface area contributed by atoms with Gasteiger partial charge in [-0.15, -0.1) is 10.2 Å². The molecular weight excluding hydrogens is 328 g/mol. The molecule has 0 spiro atoms. The van der Waals surface area contributed by atoms with Crippen LogP contribution in [0.4, 0.5) is 0 Å². The standard InChI is InChI=1S/C16H22N4O3S/c1-12-4-6-14(7-5-12)24(21,22)20-9-8-19-15(10-13(20)2)17-18-16(19)11-23-3/h4-7,13H,8-11H2,1-3H3/t13-/m0/s1. The van der Waals surface area contributed by atoms with Crippen molar-refractivity contribution in [3.63, 3.8) is 0 Å². The van der Waals surface area contributed by atoms with Gasteiger partial charge in [0.1, 0.15) is 12.4 Å². The van der Waals surface area contributed by atoms with E-state index in [9.17, 15) is 8.42 Å². The number of hydrogen-bond acceptors (Lipinski definition) is 5. The van der Waals surface area contributed by atoms with E-state index in [1.54, 1.807) is 23.5 Å². The van der Waals surface area contributed by atoms with Gasteiger partial charge in [0.2, 0.25) is 10.0 Å². The van der Waals surface area contributed by atoms with E-state index in [0.717, 1.165) is 17.2 Å². The van der Waals surface area contributed by atoms with Crippen LogP contribution in [0, 0.1) is 6.92 Å². The molecule has 1 aromatic carbocycles. The third kappa shape index (κ3) is 3.09. The monoisotopic (exact) mass is 350 g/mol. The summed E-state index contributed by atoms with van der Waals surface area (Å²) in [5.74, 6) is 1.53. The topological polar surface area (TPSA) is 77.3 Å². The van der Waals surface area contributed by atoms with Crippen molar-refractivity contribution in [3.05, 3.63) is 41.5 Å². The maximum Gasteiger partial charge on any atom is 0.243 e. The van der Waals surface area contributed by atoms with Crippen molar-refractivity contribution in [2.75, 3.05) is 13.7 Å². The Morgan fingerprint density at radius 1 is 1.21 bits per heavy atom.